The summed E-state index contributed by atoms with van der Waals surface area (Å²) in [5.74, 6) is 1.27. The van der Waals surface area contributed by atoms with Gasteiger partial charge in [0.1, 0.15) is 12.2 Å². The van der Waals surface area contributed by atoms with Gasteiger partial charge in [0.05, 0.1) is 23.8 Å². The Morgan fingerprint density at radius 2 is 1.68 bits per heavy atom. The minimum atomic E-state index is 0.137. The van der Waals surface area contributed by atoms with Crippen LogP contribution in [0.15, 0.2) is 55.0 Å². The first kappa shape index (κ1) is 21.1. The number of hydrogen-bond acceptors (Lipinski definition) is 6. The molecule has 0 spiro atoms. The normalized spacial score (nSPS) is 18.9. The van der Waals surface area contributed by atoms with Crippen molar-refractivity contribution in [2.45, 2.75) is 50.7 Å². The van der Waals surface area contributed by atoms with Crippen molar-refractivity contribution in [2.24, 2.45) is 0 Å². The van der Waals surface area contributed by atoms with E-state index in [-0.39, 0.29) is 6.10 Å². The second-order valence-corrected chi connectivity index (χ2v) is 9.18. The zero-order chi connectivity index (χ0) is 22.7. The Morgan fingerprint density at radius 3 is 2.56 bits per heavy atom. The minimum absolute atomic E-state index is 0.137. The highest BCUT2D eigenvalue weighted by Gasteiger charge is 2.18. The first-order valence-corrected chi connectivity index (χ1v) is 12.3. The molecule has 0 radical (unpaired) electrons. The minimum Gasteiger partial charge on any atom is -0.474 e. The van der Waals surface area contributed by atoms with Crippen LogP contribution in [0.2, 0.25) is 0 Å². The van der Waals surface area contributed by atoms with Gasteiger partial charge >= 0.3 is 0 Å². The molecule has 34 heavy (non-hydrogen) atoms. The number of nitrogens with zero attached hydrogens (tertiary/aromatic N) is 3. The van der Waals surface area contributed by atoms with Gasteiger partial charge in [-0.1, -0.05) is 12.1 Å². The van der Waals surface area contributed by atoms with Gasteiger partial charge in [0.2, 0.25) is 11.8 Å². The fraction of sp³-hybridized carbons (Fsp3) is 0.370. The van der Waals surface area contributed by atoms with Crippen LogP contribution in [0, 0.1) is 0 Å². The number of benzene rings is 1. The fourth-order valence-corrected chi connectivity index (χ4v) is 4.94. The quantitative estimate of drug-likeness (QED) is 0.419. The summed E-state index contributed by atoms with van der Waals surface area (Å²) in [6, 6.07) is 12.3. The molecule has 6 rings (SSSR count). The second kappa shape index (κ2) is 9.43. The average Bonchev–Trinajstić information content (AvgIpc) is 3.54. The van der Waals surface area contributed by atoms with Gasteiger partial charge in [-0.05, 0) is 63.3 Å². The smallest absolute Gasteiger partial charge is 0.233 e. The molecule has 1 aliphatic carbocycles. The Bertz CT molecular complexity index is 1280. The van der Waals surface area contributed by atoms with Gasteiger partial charge in [-0.25, -0.2) is 9.97 Å². The first-order valence-electron chi connectivity index (χ1n) is 12.3. The maximum atomic E-state index is 6.12. The highest BCUT2D eigenvalue weighted by Crippen LogP contribution is 2.32. The van der Waals surface area contributed by atoms with E-state index >= 15 is 0 Å². The number of fused-ring (bicyclic) bond motifs is 1. The highest BCUT2D eigenvalue weighted by molar-refractivity contribution is 5.96. The van der Waals surface area contributed by atoms with Crippen molar-refractivity contribution in [3.63, 3.8) is 0 Å². The van der Waals surface area contributed by atoms with Gasteiger partial charge in [-0.3, -0.25) is 4.98 Å². The van der Waals surface area contributed by atoms with E-state index in [1.165, 1.54) is 12.8 Å². The van der Waals surface area contributed by atoms with Crippen LogP contribution in [0.4, 0.5) is 0 Å². The monoisotopic (exact) mass is 455 g/mol. The van der Waals surface area contributed by atoms with Crippen LogP contribution in [-0.2, 0) is 0 Å². The summed E-state index contributed by atoms with van der Waals surface area (Å²) in [6.45, 7) is 1.90. The number of pyridine rings is 1. The van der Waals surface area contributed by atoms with Crippen molar-refractivity contribution in [1.29, 1.82) is 0 Å². The van der Waals surface area contributed by atoms with E-state index in [0.717, 1.165) is 72.2 Å². The SMILES string of the molecule is c1cc(OC2CCCC2)nc(-c2ccc3[nH]cc(-c4cncc(OC5CCCNC5)n4)c3c2)c1. The molecule has 3 aromatic heterocycles. The largest absolute Gasteiger partial charge is 0.474 e. The number of hydrogen-bond donors (Lipinski definition) is 2. The van der Waals surface area contributed by atoms with Crippen molar-refractivity contribution in [3.05, 3.63) is 55.0 Å². The molecule has 7 nitrogen and oxygen atoms in total. The lowest BCUT2D eigenvalue weighted by atomic mass is 10.1. The van der Waals surface area contributed by atoms with E-state index in [2.05, 4.69) is 33.5 Å². The maximum Gasteiger partial charge on any atom is 0.233 e. The number of H-pyrrole nitrogens is 1. The van der Waals surface area contributed by atoms with Crippen LogP contribution >= 0.6 is 0 Å². The molecule has 1 saturated heterocycles. The Morgan fingerprint density at radius 1 is 0.824 bits per heavy atom. The van der Waals surface area contributed by atoms with Crippen molar-refractivity contribution in [2.75, 3.05) is 13.1 Å². The predicted molar refractivity (Wildman–Crippen MR) is 132 cm³/mol. The van der Waals surface area contributed by atoms with E-state index in [0.29, 0.717) is 17.9 Å². The third-order valence-electron chi connectivity index (χ3n) is 6.72. The molecule has 4 aromatic rings. The summed E-state index contributed by atoms with van der Waals surface area (Å²) >= 11 is 0. The topological polar surface area (TPSA) is 85.0 Å². The third kappa shape index (κ3) is 4.48. The Labute approximate surface area is 199 Å². The van der Waals surface area contributed by atoms with Crippen LogP contribution in [0.1, 0.15) is 38.5 Å². The molecule has 7 heteroatoms. The molecule has 174 valence electrons. The molecular formula is C27H29N5O2. The Hall–Kier alpha value is -3.45. The number of piperidine rings is 1. The molecule has 1 atom stereocenters. The molecule has 4 heterocycles. The lowest BCUT2D eigenvalue weighted by Gasteiger charge is -2.23. The summed E-state index contributed by atoms with van der Waals surface area (Å²) in [5.41, 5.74) is 4.77. The lowest BCUT2D eigenvalue weighted by molar-refractivity contribution is 0.160. The molecule has 1 aromatic carbocycles. The third-order valence-corrected chi connectivity index (χ3v) is 6.72. The summed E-state index contributed by atoms with van der Waals surface area (Å²) in [6.07, 6.45) is 12.8. The van der Waals surface area contributed by atoms with Crippen LogP contribution in [0.5, 0.6) is 11.8 Å². The van der Waals surface area contributed by atoms with Gasteiger partial charge in [0.15, 0.2) is 0 Å². The molecule has 1 saturated carbocycles. The van der Waals surface area contributed by atoms with Crippen LogP contribution in [-0.4, -0.2) is 45.2 Å². The lowest BCUT2D eigenvalue weighted by Crippen LogP contribution is -2.37. The molecule has 0 amide bonds. The van der Waals surface area contributed by atoms with Crippen LogP contribution in [0.3, 0.4) is 0 Å². The molecule has 1 unspecified atom stereocenters. The summed E-state index contributed by atoms with van der Waals surface area (Å²) in [7, 11) is 0. The van der Waals surface area contributed by atoms with E-state index in [4.69, 9.17) is 19.4 Å². The molecule has 0 bridgehead atoms. The number of nitrogens with one attached hydrogen (secondary N) is 2. The van der Waals surface area contributed by atoms with Gasteiger partial charge in [0, 0.05) is 40.8 Å². The van der Waals surface area contributed by atoms with Gasteiger partial charge < -0.3 is 19.8 Å². The molecule has 2 N–H and O–H groups in total. The number of ether oxygens (including phenoxy) is 2. The summed E-state index contributed by atoms with van der Waals surface area (Å²) in [5, 5.41) is 4.45. The van der Waals surface area contributed by atoms with Crippen molar-refractivity contribution >= 4 is 10.9 Å². The molecule has 1 aliphatic heterocycles. The maximum absolute atomic E-state index is 6.12. The Kier molecular flexibility index (Phi) is 5.85. The van der Waals surface area contributed by atoms with E-state index < -0.39 is 0 Å². The fourth-order valence-electron chi connectivity index (χ4n) is 4.94. The zero-order valence-corrected chi connectivity index (χ0v) is 19.2. The molecule has 2 fully saturated rings. The first-order chi connectivity index (χ1) is 16.8. The standard InChI is InChI=1S/C27H29N5O2/c1-2-6-19(5-1)33-26-9-3-8-23(31-26)18-10-11-24-21(13-18)22(15-30-24)25-16-29-17-27(32-25)34-20-7-4-12-28-14-20/h3,8-11,13,15-17,19-20,28,30H,1-2,4-7,12,14H2. The predicted octanol–water partition coefficient (Wildman–Crippen LogP) is 5.14. The summed E-state index contributed by atoms with van der Waals surface area (Å²) < 4.78 is 12.2. The van der Waals surface area contributed by atoms with Crippen molar-refractivity contribution in [1.82, 2.24) is 25.3 Å². The summed E-state index contributed by atoms with van der Waals surface area (Å²) in [4.78, 5) is 17.3. The number of rotatable bonds is 6. The van der Waals surface area contributed by atoms with Gasteiger partial charge in [-0.15, -0.1) is 0 Å². The molecule has 2 aliphatic rings. The number of aromatic nitrogens is 4. The molecular weight excluding hydrogens is 426 g/mol. The van der Waals surface area contributed by atoms with Gasteiger partial charge in [-0.2, -0.15) is 0 Å². The highest BCUT2D eigenvalue weighted by atomic mass is 16.5. The average molecular weight is 456 g/mol. The van der Waals surface area contributed by atoms with Crippen LogP contribution in [0.25, 0.3) is 33.4 Å². The van der Waals surface area contributed by atoms with Crippen LogP contribution < -0.4 is 14.8 Å². The number of aromatic amines is 1. The second-order valence-electron chi connectivity index (χ2n) is 9.18. The van der Waals surface area contributed by atoms with Gasteiger partial charge in [0.25, 0.3) is 0 Å². The van der Waals surface area contributed by atoms with E-state index in [9.17, 15) is 0 Å². The van der Waals surface area contributed by atoms with E-state index in [1.54, 1.807) is 12.4 Å². The van der Waals surface area contributed by atoms with E-state index in [1.807, 2.05) is 24.4 Å². The zero-order valence-electron chi connectivity index (χ0n) is 19.2. The van der Waals surface area contributed by atoms with Crippen molar-refractivity contribution in [3.8, 4) is 34.3 Å². The Balaban J connectivity index is 1.28. The van der Waals surface area contributed by atoms with Crippen molar-refractivity contribution < 1.29 is 9.47 Å².